The highest BCUT2D eigenvalue weighted by Crippen LogP contribution is 2.33. The maximum atomic E-state index is 12.9. The number of thioether (sulfide) groups is 1. The van der Waals surface area contributed by atoms with Crippen LogP contribution in [-0.4, -0.2) is 28.2 Å². The third-order valence-corrected chi connectivity index (χ3v) is 7.19. The van der Waals surface area contributed by atoms with Crippen molar-refractivity contribution in [3.8, 4) is 16.9 Å². The summed E-state index contributed by atoms with van der Waals surface area (Å²) in [7, 11) is 1.56. The van der Waals surface area contributed by atoms with Crippen molar-refractivity contribution in [2.75, 3.05) is 12.4 Å². The Labute approximate surface area is 200 Å². The number of hydrogen-bond acceptors (Lipinski definition) is 6. The van der Waals surface area contributed by atoms with Crippen LogP contribution in [0.4, 0.5) is 5.69 Å². The molecule has 0 aliphatic carbocycles. The van der Waals surface area contributed by atoms with Gasteiger partial charge in [0, 0.05) is 10.9 Å². The summed E-state index contributed by atoms with van der Waals surface area (Å²) in [6.07, 6.45) is 0. The molecule has 170 valence electrons. The molecular weight excluding hydrogens is 454 g/mol. The van der Waals surface area contributed by atoms with Crippen LogP contribution in [0.15, 0.2) is 63.9 Å². The van der Waals surface area contributed by atoms with Crippen molar-refractivity contribution in [2.45, 2.75) is 37.1 Å². The van der Waals surface area contributed by atoms with E-state index in [9.17, 15) is 9.59 Å². The lowest BCUT2D eigenvalue weighted by Gasteiger charge is -2.13. The molecule has 1 amide bonds. The summed E-state index contributed by atoms with van der Waals surface area (Å²) in [5.41, 5.74) is 3.51. The van der Waals surface area contributed by atoms with Crippen molar-refractivity contribution in [1.82, 2.24) is 9.97 Å². The molecule has 2 aromatic carbocycles. The number of methoxy groups -OCH3 is 1. The summed E-state index contributed by atoms with van der Waals surface area (Å²) in [5.74, 6) is 0.831. The number of rotatable bonds is 7. The molecule has 0 saturated carbocycles. The summed E-state index contributed by atoms with van der Waals surface area (Å²) in [5, 5.41) is 5.35. The Kier molecular flexibility index (Phi) is 6.85. The van der Waals surface area contributed by atoms with E-state index >= 15 is 0 Å². The fraction of sp³-hybridized carbons (Fsp3) is 0.240. The van der Waals surface area contributed by atoms with Crippen molar-refractivity contribution in [1.29, 1.82) is 0 Å². The van der Waals surface area contributed by atoms with Gasteiger partial charge in [-0.15, -0.1) is 11.3 Å². The van der Waals surface area contributed by atoms with Gasteiger partial charge in [-0.2, -0.15) is 0 Å². The molecule has 1 unspecified atom stereocenters. The van der Waals surface area contributed by atoms with Crippen LogP contribution in [-0.2, 0) is 4.79 Å². The number of ether oxygens (including phenoxy) is 1. The predicted octanol–water partition coefficient (Wildman–Crippen LogP) is 5.90. The SMILES string of the molecule is COc1ccccc1NC(=O)C(C)Sc1nc2scc(-c3ccc(C(C)C)cc3)c2c(=O)[nH]1. The van der Waals surface area contributed by atoms with E-state index < -0.39 is 5.25 Å². The van der Waals surface area contributed by atoms with Crippen LogP contribution in [0.25, 0.3) is 21.3 Å². The molecule has 2 aromatic heterocycles. The summed E-state index contributed by atoms with van der Waals surface area (Å²) in [4.78, 5) is 33.7. The highest BCUT2D eigenvalue weighted by Gasteiger charge is 2.19. The van der Waals surface area contributed by atoms with Gasteiger partial charge in [0.05, 0.1) is 23.4 Å². The number of benzene rings is 2. The number of para-hydroxylation sites is 2. The second kappa shape index (κ2) is 9.80. The zero-order valence-electron chi connectivity index (χ0n) is 18.8. The van der Waals surface area contributed by atoms with E-state index in [4.69, 9.17) is 4.74 Å². The quantitative estimate of drug-likeness (QED) is 0.255. The van der Waals surface area contributed by atoms with Crippen LogP contribution in [0.2, 0.25) is 0 Å². The number of thiophene rings is 1. The van der Waals surface area contributed by atoms with E-state index in [0.29, 0.717) is 32.7 Å². The van der Waals surface area contributed by atoms with Crippen molar-refractivity contribution in [3.63, 3.8) is 0 Å². The minimum Gasteiger partial charge on any atom is -0.495 e. The van der Waals surface area contributed by atoms with Gasteiger partial charge >= 0.3 is 0 Å². The first-order chi connectivity index (χ1) is 15.9. The minimum atomic E-state index is -0.474. The van der Waals surface area contributed by atoms with Crippen LogP contribution < -0.4 is 15.6 Å². The maximum absolute atomic E-state index is 12.9. The lowest BCUT2D eigenvalue weighted by atomic mass is 9.99. The summed E-state index contributed by atoms with van der Waals surface area (Å²) in [6, 6.07) is 15.5. The van der Waals surface area contributed by atoms with Crippen LogP contribution in [0.1, 0.15) is 32.3 Å². The third-order valence-electron chi connectivity index (χ3n) is 5.33. The van der Waals surface area contributed by atoms with Gasteiger partial charge in [0.15, 0.2) is 5.16 Å². The Morgan fingerprint density at radius 2 is 1.85 bits per heavy atom. The fourth-order valence-electron chi connectivity index (χ4n) is 3.45. The first kappa shape index (κ1) is 23.1. The van der Waals surface area contributed by atoms with Gasteiger partial charge in [0.25, 0.3) is 5.56 Å². The number of carbonyl (C=O) groups is 1. The average Bonchev–Trinajstić information content (AvgIpc) is 3.24. The molecule has 4 rings (SSSR count). The van der Waals surface area contributed by atoms with Crippen molar-refractivity contribution < 1.29 is 9.53 Å². The van der Waals surface area contributed by atoms with Gasteiger partial charge in [-0.3, -0.25) is 9.59 Å². The van der Waals surface area contributed by atoms with E-state index in [2.05, 4.69) is 41.3 Å². The zero-order chi connectivity index (χ0) is 23.5. The Morgan fingerprint density at radius 1 is 1.12 bits per heavy atom. The number of aromatic nitrogens is 2. The maximum Gasteiger partial charge on any atom is 0.260 e. The molecule has 4 aromatic rings. The second-order valence-corrected chi connectivity index (χ2v) is 10.1. The molecule has 0 radical (unpaired) electrons. The molecule has 0 aliphatic heterocycles. The molecule has 1 atom stereocenters. The van der Waals surface area contributed by atoms with Gasteiger partial charge < -0.3 is 15.0 Å². The number of aromatic amines is 1. The molecule has 2 N–H and O–H groups in total. The Morgan fingerprint density at radius 3 is 2.55 bits per heavy atom. The van der Waals surface area contributed by atoms with Crippen molar-refractivity contribution in [3.05, 3.63) is 69.8 Å². The van der Waals surface area contributed by atoms with Crippen LogP contribution in [0, 0.1) is 0 Å². The summed E-state index contributed by atoms with van der Waals surface area (Å²) < 4.78 is 5.29. The van der Waals surface area contributed by atoms with Gasteiger partial charge in [-0.25, -0.2) is 4.98 Å². The Bertz CT molecular complexity index is 1340. The number of carbonyl (C=O) groups excluding carboxylic acids is 1. The number of nitrogens with one attached hydrogen (secondary N) is 2. The summed E-state index contributed by atoms with van der Waals surface area (Å²) in [6.45, 7) is 6.08. The Hall–Kier alpha value is -3.10. The highest BCUT2D eigenvalue weighted by molar-refractivity contribution is 8.00. The molecule has 0 aliphatic rings. The predicted molar refractivity (Wildman–Crippen MR) is 137 cm³/mol. The Balaban J connectivity index is 1.55. The van der Waals surface area contributed by atoms with E-state index in [0.717, 1.165) is 11.1 Å². The number of amides is 1. The molecule has 8 heteroatoms. The standard InChI is InChI=1S/C25H25N3O3S2/c1-14(2)16-9-11-17(12-10-16)18-13-32-24-21(18)23(30)27-25(28-24)33-15(3)22(29)26-19-7-5-6-8-20(19)31-4/h5-15H,1-4H3,(H,26,29)(H,27,28,30). The number of fused-ring (bicyclic) bond motifs is 1. The first-order valence-electron chi connectivity index (χ1n) is 10.6. The lowest BCUT2D eigenvalue weighted by Crippen LogP contribution is -2.23. The molecule has 2 heterocycles. The van der Waals surface area contributed by atoms with E-state index in [1.54, 1.807) is 26.2 Å². The van der Waals surface area contributed by atoms with Gasteiger partial charge in [-0.05, 0) is 36.1 Å². The topological polar surface area (TPSA) is 84.1 Å². The number of nitrogens with zero attached hydrogens (tertiary/aromatic N) is 1. The van der Waals surface area contributed by atoms with Crippen LogP contribution in [0.3, 0.4) is 0 Å². The van der Waals surface area contributed by atoms with Crippen LogP contribution >= 0.6 is 23.1 Å². The molecule has 0 fully saturated rings. The van der Waals surface area contributed by atoms with Gasteiger partial charge in [0.2, 0.25) is 5.91 Å². The summed E-state index contributed by atoms with van der Waals surface area (Å²) >= 11 is 2.64. The second-order valence-electron chi connectivity index (χ2n) is 7.93. The average molecular weight is 480 g/mol. The monoisotopic (exact) mass is 479 g/mol. The normalized spacial score (nSPS) is 12.2. The van der Waals surface area contributed by atoms with Gasteiger partial charge in [-0.1, -0.05) is 62.0 Å². The number of anilines is 1. The van der Waals surface area contributed by atoms with Crippen LogP contribution in [0.5, 0.6) is 5.75 Å². The lowest BCUT2D eigenvalue weighted by molar-refractivity contribution is -0.115. The highest BCUT2D eigenvalue weighted by atomic mass is 32.2. The fourth-order valence-corrected chi connectivity index (χ4v) is 5.25. The van der Waals surface area contributed by atoms with E-state index in [1.165, 1.54) is 28.7 Å². The van der Waals surface area contributed by atoms with Gasteiger partial charge in [0.1, 0.15) is 10.6 Å². The minimum absolute atomic E-state index is 0.204. The largest absolute Gasteiger partial charge is 0.495 e. The number of hydrogen-bond donors (Lipinski definition) is 2. The molecule has 33 heavy (non-hydrogen) atoms. The molecule has 0 spiro atoms. The molecule has 0 bridgehead atoms. The molecule has 6 nitrogen and oxygen atoms in total. The zero-order valence-corrected chi connectivity index (χ0v) is 20.5. The van der Waals surface area contributed by atoms with Crippen molar-refractivity contribution >= 4 is 44.9 Å². The molecule has 0 saturated heterocycles. The molecular formula is C25H25N3O3S2. The number of H-pyrrole nitrogens is 1. The van der Waals surface area contributed by atoms with Crippen molar-refractivity contribution in [2.24, 2.45) is 0 Å². The third kappa shape index (κ3) is 4.96. The smallest absolute Gasteiger partial charge is 0.260 e. The van der Waals surface area contributed by atoms with E-state index in [-0.39, 0.29) is 11.5 Å². The first-order valence-corrected chi connectivity index (χ1v) is 12.4. The van der Waals surface area contributed by atoms with E-state index in [1.807, 2.05) is 29.6 Å².